The molecule has 0 aromatic heterocycles. The fraction of sp³-hybridized carbons (Fsp3) is 0.311. The molecule has 3 aliphatic heterocycles. The third-order valence-electron chi connectivity index (χ3n) is 11.4. The number of anilines is 1. The molecule has 2 fully saturated rings. The number of rotatable bonds is 8. The van der Waals surface area contributed by atoms with Gasteiger partial charge in [-0.1, -0.05) is 90.7 Å². The van der Waals surface area contributed by atoms with Gasteiger partial charge >= 0.3 is 5.97 Å². The van der Waals surface area contributed by atoms with Crippen LogP contribution in [-0.2, 0) is 29.4 Å². The van der Waals surface area contributed by atoms with Gasteiger partial charge in [-0.05, 0) is 83.8 Å². The molecule has 0 radical (unpaired) electrons. The number of fused-ring (bicyclic) bond motifs is 3. The molecule has 1 aliphatic carbocycles. The second kappa shape index (κ2) is 15.2. The SMILES string of the molecule is CON(C)C(=O)[C@H]1C2C(=O)O[C@@H](c3ccccc3)[C@@H](c3ccccc3)N2[C@@H](c2ccc(OCCO)cc2)[C@]12C(=O)Nc1ccc(C#CC3=CCCCC3)cc12. The maximum Gasteiger partial charge on any atom is 0.324 e. The lowest BCUT2D eigenvalue weighted by Gasteiger charge is -2.46. The van der Waals surface area contributed by atoms with E-state index < -0.39 is 53.3 Å². The van der Waals surface area contributed by atoms with Crippen molar-refractivity contribution < 1.29 is 33.8 Å². The zero-order valence-electron chi connectivity index (χ0n) is 30.8. The Labute approximate surface area is 320 Å². The number of benzene rings is 4. The van der Waals surface area contributed by atoms with Crippen LogP contribution >= 0.6 is 0 Å². The second-order valence-electron chi connectivity index (χ2n) is 14.4. The second-order valence-corrected chi connectivity index (χ2v) is 14.4. The van der Waals surface area contributed by atoms with E-state index in [2.05, 4.69) is 23.2 Å². The van der Waals surface area contributed by atoms with Crippen molar-refractivity contribution in [3.63, 3.8) is 0 Å². The molecule has 1 spiro atoms. The standard InChI is InChI=1S/C45H43N3O7/c1-47(53-2)42(50)37-39-43(51)55-40(32-16-10-5-11-17-32)38(31-14-8-4-9-15-31)48(39)41(33-21-23-34(24-22-33)54-27-26-49)45(37)35-28-30(20-25-36(35)46-44(45)52)19-18-29-12-6-3-7-13-29/h4-5,8-12,14-17,20-25,28,37-41,49H,3,6-7,13,26-27H2,1-2H3,(H,46,52)/t37-,38-,39?,40+,41+,45-/m1/s1. The fourth-order valence-corrected chi connectivity index (χ4v) is 8.95. The van der Waals surface area contributed by atoms with Gasteiger partial charge in [0.1, 0.15) is 29.9 Å². The number of morpholine rings is 1. The number of aliphatic hydroxyl groups is 1. The minimum absolute atomic E-state index is 0.109. The maximum atomic E-state index is 15.2. The van der Waals surface area contributed by atoms with Gasteiger partial charge in [-0.25, -0.2) is 5.06 Å². The van der Waals surface area contributed by atoms with Crippen molar-refractivity contribution >= 4 is 23.5 Å². The van der Waals surface area contributed by atoms with E-state index in [-0.39, 0.29) is 13.2 Å². The highest BCUT2D eigenvalue weighted by Gasteiger charge is 2.74. The molecular weight excluding hydrogens is 695 g/mol. The third kappa shape index (κ3) is 6.28. The van der Waals surface area contributed by atoms with E-state index in [4.69, 9.17) is 14.3 Å². The molecule has 8 rings (SSSR count). The van der Waals surface area contributed by atoms with Crippen molar-refractivity contribution in [1.29, 1.82) is 0 Å². The first-order valence-electron chi connectivity index (χ1n) is 18.8. The van der Waals surface area contributed by atoms with Crippen molar-refractivity contribution in [3.8, 4) is 17.6 Å². The Balaban J connectivity index is 1.41. The normalized spacial score (nSPS) is 25.5. The fourth-order valence-electron chi connectivity index (χ4n) is 8.95. The quantitative estimate of drug-likeness (QED) is 0.125. The lowest BCUT2D eigenvalue weighted by atomic mass is 9.65. The average molecular weight is 738 g/mol. The number of hydrogen-bond donors (Lipinski definition) is 2. The van der Waals surface area contributed by atoms with Gasteiger partial charge in [0.2, 0.25) is 5.91 Å². The molecule has 6 atom stereocenters. The number of amides is 2. The summed E-state index contributed by atoms with van der Waals surface area (Å²) in [6, 6.07) is 29.5. The van der Waals surface area contributed by atoms with Crippen LogP contribution in [0.5, 0.6) is 5.75 Å². The lowest BCUT2D eigenvalue weighted by molar-refractivity contribution is -0.187. The number of aliphatic hydroxyl groups excluding tert-OH is 1. The smallest absolute Gasteiger partial charge is 0.324 e. The number of carbonyl (C=O) groups excluding carboxylic acids is 3. The Kier molecular flexibility index (Phi) is 10.0. The molecule has 0 saturated carbocycles. The molecule has 2 saturated heterocycles. The first-order chi connectivity index (χ1) is 26.9. The number of cyclic esters (lactones) is 1. The highest BCUT2D eigenvalue weighted by molar-refractivity contribution is 6.12. The van der Waals surface area contributed by atoms with Crippen LogP contribution in [0.15, 0.2) is 115 Å². The van der Waals surface area contributed by atoms with Gasteiger partial charge in [-0.2, -0.15) is 0 Å². The number of hydroxylamine groups is 2. The van der Waals surface area contributed by atoms with Gasteiger partial charge in [-0.15, -0.1) is 0 Å². The van der Waals surface area contributed by atoms with Gasteiger partial charge in [0.25, 0.3) is 5.91 Å². The topological polar surface area (TPSA) is 118 Å². The number of esters is 1. The van der Waals surface area contributed by atoms with E-state index in [1.54, 1.807) is 12.1 Å². The Bertz CT molecular complexity index is 2180. The molecule has 55 heavy (non-hydrogen) atoms. The van der Waals surface area contributed by atoms with Crippen LogP contribution in [0, 0.1) is 17.8 Å². The summed E-state index contributed by atoms with van der Waals surface area (Å²) in [5.74, 6) is 4.36. The van der Waals surface area contributed by atoms with Crippen molar-refractivity contribution in [2.75, 3.05) is 32.7 Å². The Morgan fingerprint density at radius 3 is 2.33 bits per heavy atom. The van der Waals surface area contributed by atoms with Gasteiger partial charge in [-0.3, -0.25) is 24.1 Å². The summed E-state index contributed by atoms with van der Waals surface area (Å²) in [5.41, 5.74) is 3.55. The molecule has 4 aromatic carbocycles. The van der Waals surface area contributed by atoms with E-state index in [0.29, 0.717) is 28.1 Å². The van der Waals surface area contributed by atoms with Gasteiger partial charge in [0, 0.05) is 18.3 Å². The highest BCUT2D eigenvalue weighted by atomic mass is 16.7. The molecule has 10 heteroatoms. The number of nitrogens with one attached hydrogen (secondary N) is 1. The summed E-state index contributed by atoms with van der Waals surface area (Å²) < 4.78 is 12.2. The first kappa shape index (κ1) is 36.3. The molecule has 10 nitrogen and oxygen atoms in total. The van der Waals surface area contributed by atoms with Crippen LogP contribution in [0.4, 0.5) is 5.69 Å². The zero-order valence-corrected chi connectivity index (χ0v) is 30.8. The number of hydrogen-bond acceptors (Lipinski definition) is 8. The molecule has 4 aliphatic rings. The molecular formula is C45H43N3O7. The Hall–Kier alpha value is -5.73. The average Bonchev–Trinajstić information content (AvgIpc) is 3.71. The first-order valence-corrected chi connectivity index (χ1v) is 18.8. The minimum atomic E-state index is -1.66. The van der Waals surface area contributed by atoms with Crippen LogP contribution in [0.25, 0.3) is 0 Å². The van der Waals surface area contributed by atoms with Gasteiger partial charge < -0.3 is 19.9 Å². The summed E-state index contributed by atoms with van der Waals surface area (Å²) in [6.07, 6.45) is 5.56. The monoisotopic (exact) mass is 737 g/mol. The minimum Gasteiger partial charge on any atom is -0.491 e. The van der Waals surface area contributed by atoms with Crippen LogP contribution in [0.2, 0.25) is 0 Å². The molecule has 4 aromatic rings. The van der Waals surface area contributed by atoms with Crippen molar-refractivity contribution in [1.82, 2.24) is 9.96 Å². The van der Waals surface area contributed by atoms with Crippen LogP contribution in [-0.4, -0.2) is 66.3 Å². The summed E-state index contributed by atoms with van der Waals surface area (Å²) in [6.45, 7) is -0.0427. The predicted molar refractivity (Wildman–Crippen MR) is 205 cm³/mol. The lowest BCUT2D eigenvalue weighted by Crippen LogP contribution is -2.54. The van der Waals surface area contributed by atoms with Crippen molar-refractivity contribution in [2.45, 2.75) is 55.3 Å². The number of nitrogens with zero attached hydrogens (tertiary/aromatic N) is 2. The molecule has 0 bridgehead atoms. The highest BCUT2D eigenvalue weighted by Crippen LogP contribution is 2.65. The van der Waals surface area contributed by atoms with E-state index in [1.807, 2.05) is 95.9 Å². The summed E-state index contributed by atoms with van der Waals surface area (Å²) in [5, 5.41) is 13.6. The summed E-state index contributed by atoms with van der Waals surface area (Å²) in [4.78, 5) is 52.6. The van der Waals surface area contributed by atoms with Crippen LogP contribution < -0.4 is 10.1 Å². The number of ether oxygens (including phenoxy) is 2. The van der Waals surface area contributed by atoms with E-state index >= 15 is 4.79 Å². The van der Waals surface area contributed by atoms with Crippen LogP contribution in [0.1, 0.15) is 71.7 Å². The summed E-state index contributed by atoms with van der Waals surface area (Å²) in [7, 11) is 2.87. The third-order valence-corrected chi connectivity index (χ3v) is 11.4. The van der Waals surface area contributed by atoms with Gasteiger partial charge in [0.05, 0.1) is 31.7 Å². The molecule has 280 valence electrons. The Morgan fingerprint density at radius 1 is 0.927 bits per heavy atom. The van der Waals surface area contributed by atoms with Crippen molar-refractivity contribution in [3.05, 3.63) is 143 Å². The van der Waals surface area contributed by atoms with E-state index in [9.17, 15) is 14.7 Å². The maximum absolute atomic E-state index is 15.2. The zero-order chi connectivity index (χ0) is 38.1. The van der Waals surface area contributed by atoms with E-state index in [0.717, 1.165) is 47.4 Å². The van der Waals surface area contributed by atoms with E-state index in [1.165, 1.54) is 14.2 Å². The van der Waals surface area contributed by atoms with Crippen molar-refractivity contribution in [2.24, 2.45) is 5.92 Å². The number of carbonyl (C=O) groups is 3. The molecule has 2 amide bonds. The summed E-state index contributed by atoms with van der Waals surface area (Å²) >= 11 is 0. The van der Waals surface area contributed by atoms with Crippen LogP contribution in [0.3, 0.4) is 0 Å². The van der Waals surface area contributed by atoms with Gasteiger partial charge in [0.15, 0.2) is 0 Å². The number of allylic oxidation sites excluding steroid dienone is 2. The largest absolute Gasteiger partial charge is 0.491 e. The Morgan fingerprint density at radius 2 is 1.65 bits per heavy atom. The molecule has 1 unspecified atom stereocenters. The molecule has 2 N–H and O–H groups in total. The molecule has 3 heterocycles. The predicted octanol–water partition coefficient (Wildman–Crippen LogP) is 6.20.